The summed E-state index contributed by atoms with van der Waals surface area (Å²) >= 11 is 0. The number of hydrogen-bond donors (Lipinski definition) is 0. The van der Waals surface area contributed by atoms with Crippen LogP contribution in [-0.4, -0.2) is 42.6 Å². The maximum atomic E-state index is 12.0. The molecule has 2 heterocycles. The molecule has 0 spiro atoms. The highest BCUT2D eigenvalue weighted by Gasteiger charge is 2.19. The van der Waals surface area contributed by atoms with Gasteiger partial charge < -0.3 is 9.64 Å². The standard InChI is InChI=1S/C13H20N6O2/c1-21-12-3-7-18(8-4-12)11-9-13(20)19(16-10-11)6-2-5-15-17-14/h9-10,12H,2-8H2,1H3. The molecular formula is C13H20N6O2. The van der Waals surface area contributed by atoms with Gasteiger partial charge in [-0.2, -0.15) is 5.10 Å². The molecule has 0 unspecified atom stereocenters. The lowest BCUT2D eigenvalue weighted by atomic mass is 10.1. The monoisotopic (exact) mass is 292 g/mol. The van der Waals surface area contributed by atoms with Crippen LogP contribution in [0.4, 0.5) is 5.69 Å². The van der Waals surface area contributed by atoms with Crippen molar-refractivity contribution < 1.29 is 4.74 Å². The summed E-state index contributed by atoms with van der Waals surface area (Å²) in [5.41, 5.74) is 8.93. The zero-order valence-electron chi connectivity index (χ0n) is 12.2. The molecule has 1 fully saturated rings. The third-order valence-electron chi connectivity index (χ3n) is 3.69. The van der Waals surface area contributed by atoms with Gasteiger partial charge in [0.15, 0.2) is 0 Å². The maximum Gasteiger partial charge on any atom is 0.268 e. The molecule has 8 nitrogen and oxygen atoms in total. The molecule has 0 amide bonds. The Morgan fingerprint density at radius 1 is 1.52 bits per heavy atom. The highest BCUT2D eigenvalue weighted by molar-refractivity contribution is 5.43. The lowest BCUT2D eigenvalue weighted by molar-refractivity contribution is 0.0819. The number of aryl methyl sites for hydroxylation is 1. The number of piperidine rings is 1. The molecule has 21 heavy (non-hydrogen) atoms. The average Bonchev–Trinajstić information content (AvgIpc) is 2.53. The van der Waals surface area contributed by atoms with Gasteiger partial charge in [-0.15, -0.1) is 0 Å². The highest BCUT2D eigenvalue weighted by Crippen LogP contribution is 2.18. The number of methoxy groups -OCH3 is 1. The van der Waals surface area contributed by atoms with Crippen molar-refractivity contribution in [1.82, 2.24) is 9.78 Å². The summed E-state index contributed by atoms with van der Waals surface area (Å²) in [5, 5.41) is 7.63. The van der Waals surface area contributed by atoms with Gasteiger partial charge in [0, 0.05) is 44.3 Å². The highest BCUT2D eigenvalue weighted by atomic mass is 16.5. The Kier molecular flexibility index (Phi) is 5.59. The first-order valence-corrected chi connectivity index (χ1v) is 7.10. The Bertz CT molecular complexity index is 558. The van der Waals surface area contributed by atoms with Crippen molar-refractivity contribution in [3.63, 3.8) is 0 Å². The molecule has 0 bridgehead atoms. The van der Waals surface area contributed by atoms with Gasteiger partial charge in [-0.1, -0.05) is 5.11 Å². The Balaban J connectivity index is 1.95. The first-order chi connectivity index (χ1) is 10.2. The van der Waals surface area contributed by atoms with Gasteiger partial charge in [0.1, 0.15) is 0 Å². The van der Waals surface area contributed by atoms with Crippen LogP contribution in [-0.2, 0) is 11.3 Å². The fourth-order valence-corrected chi connectivity index (χ4v) is 2.45. The predicted molar refractivity (Wildman–Crippen MR) is 79.4 cm³/mol. The van der Waals surface area contributed by atoms with Crippen molar-refractivity contribution >= 4 is 5.69 Å². The summed E-state index contributed by atoms with van der Waals surface area (Å²) in [7, 11) is 1.74. The molecular weight excluding hydrogens is 272 g/mol. The fraction of sp³-hybridized carbons (Fsp3) is 0.692. The quantitative estimate of drug-likeness (QED) is 0.344. The fourth-order valence-electron chi connectivity index (χ4n) is 2.45. The van der Waals surface area contributed by atoms with E-state index in [4.69, 9.17) is 10.3 Å². The van der Waals surface area contributed by atoms with Crippen LogP contribution in [0.2, 0.25) is 0 Å². The first-order valence-electron chi connectivity index (χ1n) is 7.10. The maximum absolute atomic E-state index is 12.0. The topological polar surface area (TPSA) is 96.1 Å². The van der Waals surface area contributed by atoms with E-state index in [-0.39, 0.29) is 5.56 Å². The van der Waals surface area contributed by atoms with Crippen molar-refractivity contribution in [2.24, 2.45) is 5.11 Å². The summed E-state index contributed by atoms with van der Waals surface area (Å²) in [6.07, 6.45) is 4.57. The normalized spacial score (nSPS) is 15.8. The molecule has 2 rings (SSSR count). The van der Waals surface area contributed by atoms with Gasteiger partial charge in [-0.25, -0.2) is 4.68 Å². The molecule has 1 aromatic heterocycles. The molecule has 0 aromatic carbocycles. The van der Waals surface area contributed by atoms with Crippen LogP contribution in [0.25, 0.3) is 10.4 Å². The Labute approximate surface area is 122 Å². The van der Waals surface area contributed by atoms with Crippen LogP contribution < -0.4 is 10.5 Å². The molecule has 0 saturated carbocycles. The van der Waals surface area contributed by atoms with E-state index in [9.17, 15) is 4.79 Å². The molecule has 0 radical (unpaired) electrons. The van der Waals surface area contributed by atoms with Gasteiger partial charge in [0.25, 0.3) is 5.56 Å². The van der Waals surface area contributed by atoms with E-state index in [0.29, 0.717) is 25.6 Å². The van der Waals surface area contributed by atoms with E-state index in [1.165, 1.54) is 4.68 Å². The van der Waals surface area contributed by atoms with Gasteiger partial charge in [0.2, 0.25) is 0 Å². The van der Waals surface area contributed by atoms with E-state index in [1.54, 1.807) is 19.4 Å². The van der Waals surface area contributed by atoms with Crippen molar-refractivity contribution in [3.8, 4) is 0 Å². The van der Waals surface area contributed by atoms with E-state index in [1.807, 2.05) is 0 Å². The molecule has 1 aliphatic heterocycles. The Morgan fingerprint density at radius 3 is 2.90 bits per heavy atom. The van der Waals surface area contributed by atoms with Gasteiger partial charge in [-0.3, -0.25) is 4.79 Å². The third kappa shape index (κ3) is 4.21. The van der Waals surface area contributed by atoms with Gasteiger partial charge in [0.05, 0.1) is 18.0 Å². The molecule has 0 aliphatic carbocycles. The number of aromatic nitrogens is 2. The SMILES string of the molecule is COC1CCN(c2cnn(CCCN=[N+]=[N-])c(=O)c2)CC1. The number of ether oxygens (including phenoxy) is 1. The zero-order chi connectivity index (χ0) is 15.1. The smallest absolute Gasteiger partial charge is 0.268 e. The van der Waals surface area contributed by atoms with Crippen molar-refractivity contribution in [2.45, 2.75) is 31.9 Å². The van der Waals surface area contributed by atoms with Crippen LogP contribution in [0.15, 0.2) is 22.2 Å². The minimum atomic E-state index is -0.123. The Hall–Kier alpha value is -2.05. The summed E-state index contributed by atoms with van der Waals surface area (Å²) in [4.78, 5) is 16.9. The number of hydrogen-bond acceptors (Lipinski definition) is 5. The average molecular weight is 292 g/mol. The number of anilines is 1. The van der Waals surface area contributed by atoms with Crippen molar-refractivity contribution in [2.75, 3.05) is 31.6 Å². The molecule has 0 N–H and O–H groups in total. The minimum Gasteiger partial charge on any atom is -0.381 e. The predicted octanol–water partition coefficient (Wildman–Crippen LogP) is 1.56. The van der Waals surface area contributed by atoms with Crippen LogP contribution in [0.5, 0.6) is 0 Å². The molecule has 8 heteroatoms. The summed E-state index contributed by atoms with van der Waals surface area (Å²) in [6.45, 7) is 2.59. The van der Waals surface area contributed by atoms with E-state index < -0.39 is 0 Å². The van der Waals surface area contributed by atoms with Crippen LogP contribution in [0.1, 0.15) is 19.3 Å². The molecule has 0 atom stereocenters. The van der Waals surface area contributed by atoms with Crippen LogP contribution in [0.3, 0.4) is 0 Å². The zero-order valence-corrected chi connectivity index (χ0v) is 12.2. The van der Waals surface area contributed by atoms with Crippen molar-refractivity contribution in [1.29, 1.82) is 0 Å². The minimum absolute atomic E-state index is 0.123. The second kappa shape index (κ2) is 7.66. The van der Waals surface area contributed by atoms with E-state index in [0.717, 1.165) is 31.6 Å². The second-order valence-electron chi connectivity index (χ2n) is 5.01. The van der Waals surface area contributed by atoms with Gasteiger partial charge >= 0.3 is 0 Å². The largest absolute Gasteiger partial charge is 0.381 e. The molecule has 1 aromatic rings. The third-order valence-corrected chi connectivity index (χ3v) is 3.69. The Morgan fingerprint density at radius 2 is 2.29 bits per heavy atom. The second-order valence-corrected chi connectivity index (χ2v) is 5.01. The number of rotatable bonds is 6. The number of azide groups is 1. The first kappa shape index (κ1) is 15.3. The summed E-state index contributed by atoms with van der Waals surface area (Å²) in [6, 6.07) is 1.62. The van der Waals surface area contributed by atoms with Crippen LogP contribution >= 0.6 is 0 Å². The van der Waals surface area contributed by atoms with Gasteiger partial charge in [-0.05, 0) is 24.8 Å². The van der Waals surface area contributed by atoms with Crippen molar-refractivity contribution in [3.05, 3.63) is 33.1 Å². The molecule has 114 valence electrons. The lowest BCUT2D eigenvalue weighted by Gasteiger charge is -2.32. The molecule has 1 saturated heterocycles. The number of nitrogens with zero attached hydrogens (tertiary/aromatic N) is 6. The summed E-state index contributed by atoms with van der Waals surface area (Å²) in [5.74, 6) is 0. The van der Waals surface area contributed by atoms with Crippen LogP contribution in [0, 0.1) is 0 Å². The molecule has 1 aliphatic rings. The summed E-state index contributed by atoms with van der Waals surface area (Å²) < 4.78 is 6.74. The lowest BCUT2D eigenvalue weighted by Crippen LogP contribution is -2.37. The van der Waals surface area contributed by atoms with E-state index >= 15 is 0 Å². The van der Waals surface area contributed by atoms with E-state index in [2.05, 4.69) is 20.0 Å².